The van der Waals surface area contributed by atoms with E-state index in [1.807, 2.05) is 12.2 Å². The molecule has 0 radical (unpaired) electrons. The Morgan fingerprint density at radius 2 is 1.91 bits per heavy atom. The fourth-order valence-electron chi connectivity index (χ4n) is 4.24. The van der Waals surface area contributed by atoms with Crippen LogP contribution in [-0.4, -0.2) is 17.2 Å². The van der Waals surface area contributed by atoms with Gasteiger partial charge in [0.15, 0.2) is 0 Å². The molecule has 1 saturated heterocycles. The van der Waals surface area contributed by atoms with Gasteiger partial charge in [0.1, 0.15) is 6.23 Å². The first-order valence-corrected chi connectivity index (χ1v) is 8.14. The number of rotatable bonds is 1. The Bertz CT molecular complexity index is 718. The average Bonchev–Trinajstić information content (AvgIpc) is 3.13. The quantitative estimate of drug-likeness (QED) is 0.748. The molecule has 5 atom stereocenters. The van der Waals surface area contributed by atoms with Gasteiger partial charge in [-0.25, -0.2) is 0 Å². The molecule has 7 heteroatoms. The van der Waals surface area contributed by atoms with Crippen molar-refractivity contribution in [3.8, 4) is 0 Å². The van der Waals surface area contributed by atoms with E-state index in [0.717, 1.165) is 17.4 Å². The molecule has 1 heterocycles. The highest BCUT2D eigenvalue weighted by molar-refractivity contribution is 9.10. The van der Waals surface area contributed by atoms with E-state index in [2.05, 4.69) is 15.9 Å². The monoisotopic (exact) mass is 387 g/mol. The molecule has 1 aromatic carbocycles. The summed E-state index contributed by atoms with van der Waals surface area (Å²) in [6, 6.07) is 3.61. The number of allylic oxidation sites excluding steroid dienone is 2. The first-order valence-electron chi connectivity index (χ1n) is 7.35. The first-order chi connectivity index (χ1) is 10.8. The van der Waals surface area contributed by atoms with E-state index in [1.54, 1.807) is 0 Å². The molecule has 3 nitrogen and oxygen atoms in total. The molecule has 1 aromatic rings. The number of aliphatic hydroxyl groups is 1. The molecule has 2 bridgehead atoms. The van der Waals surface area contributed by atoms with Crippen molar-refractivity contribution in [3.05, 3.63) is 40.4 Å². The van der Waals surface area contributed by atoms with Crippen LogP contribution >= 0.6 is 15.9 Å². The molecule has 0 aromatic heterocycles. The molecule has 2 fully saturated rings. The second-order valence-electron chi connectivity index (χ2n) is 6.34. The molecule has 2 aliphatic carbocycles. The summed E-state index contributed by atoms with van der Waals surface area (Å²) in [5.41, 5.74) is -0.764. The van der Waals surface area contributed by atoms with Crippen LogP contribution in [-0.2, 0) is 11.0 Å². The third-order valence-corrected chi connectivity index (χ3v) is 5.88. The molecule has 23 heavy (non-hydrogen) atoms. The Kier molecular flexibility index (Phi) is 3.19. The van der Waals surface area contributed by atoms with Crippen molar-refractivity contribution in [1.29, 1.82) is 0 Å². The normalized spacial score (nSPS) is 35.3. The minimum atomic E-state index is -4.53. The number of carbonyl (C=O) groups is 1. The maximum absolute atomic E-state index is 13.1. The minimum absolute atomic E-state index is 0.0863. The Balaban J connectivity index is 1.74. The first kappa shape index (κ1) is 15.2. The highest BCUT2D eigenvalue weighted by Crippen LogP contribution is 2.55. The summed E-state index contributed by atoms with van der Waals surface area (Å²) in [6.45, 7) is 0. The van der Waals surface area contributed by atoms with Gasteiger partial charge in [0, 0.05) is 16.1 Å². The fourth-order valence-corrected chi connectivity index (χ4v) is 4.71. The summed E-state index contributed by atoms with van der Waals surface area (Å²) in [5.74, 6) is -0.607. The molecule has 3 unspecified atom stereocenters. The SMILES string of the molecule is O=C1[C@H]2C3C=CC(C3)[C@H]2C(O)N1c1ccc(Br)c(C(F)(F)F)c1. The predicted molar refractivity (Wildman–Crippen MR) is 80.4 cm³/mol. The number of anilines is 1. The summed E-state index contributed by atoms with van der Waals surface area (Å²) >= 11 is 2.89. The van der Waals surface area contributed by atoms with Gasteiger partial charge >= 0.3 is 6.18 Å². The molecule has 3 aliphatic rings. The Hall–Kier alpha value is -1.34. The van der Waals surface area contributed by atoms with Crippen LogP contribution in [0.4, 0.5) is 18.9 Å². The van der Waals surface area contributed by atoms with Crippen molar-refractivity contribution in [2.75, 3.05) is 4.90 Å². The van der Waals surface area contributed by atoms with Crippen LogP contribution < -0.4 is 4.90 Å². The van der Waals surface area contributed by atoms with Crippen LogP contribution in [0.15, 0.2) is 34.8 Å². The van der Waals surface area contributed by atoms with Crippen LogP contribution in [0.1, 0.15) is 12.0 Å². The van der Waals surface area contributed by atoms with Crippen LogP contribution in [0, 0.1) is 23.7 Å². The molecular formula is C16H13BrF3NO2. The lowest BCUT2D eigenvalue weighted by atomic mass is 9.85. The van der Waals surface area contributed by atoms with Crippen LogP contribution in [0.5, 0.6) is 0 Å². The largest absolute Gasteiger partial charge is 0.417 e. The summed E-state index contributed by atoms with van der Waals surface area (Å²) in [5, 5.41) is 10.5. The number of alkyl halides is 3. The second kappa shape index (κ2) is 4.83. The van der Waals surface area contributed by atoms with Crippen LogP contribution in [0.25, 0.3) is 0 Å². The third-order valence-electron chi connectivity index (χ3n) is 5.19. The van der Waals surface area contributed by atoms with Crippen molar-refractivity contribution in [2.45, 2.75) is 18.8 Å². The van der Waals surface area contributed by atoms with E-state index in [9.17, 15) is 23.1 Å². The highest BCUT2D eigenvalue weighted by Gasteiger charge is 2.59. The van der Waals surface area contributed by atoms with Crippen molar-refractivity contribution in [3.63, 3.8) is 0 Å². The number of benzene rings is 1. The van der Waals surface area contributed by atoms with Crippen molar-refractivity contribution in [1.82, 2.24) is 0 Å². The van der Waals surface area contributed by atoms with E-state index in [-0.39, 0.29) is 39.7 Å². The molecule has 1 amide bonds. The summed E-state index contributed by atoms with van der Waals surface area (Å²) in [7, 11) is 0. The number of hydrogen-bond donors (Lipinski definition) is 1. The van der Waals surface area contributed by atoms with Gasteiger partial charge in [-0.05, 0) is 36.5 Å². The van der Waals surface area contributed by atoms with Gasteiger partial charge in [-0.3, -0.25) is 9.69 Å². The fraction of sp³-hybridized carbons (Fsp3) is 0.438. The maximum atomic E-state index is 13.1. The van der Waals surface area contributed by atoms with E-state index in [0.29, 0.717) is 0 Å². The average molecular weight is 388 g/mol. The minimum Gasteiger partial charge on any atom is -0.373 e. The Morgan fingerprint density at radius 1 is 1.22 bits per heavy atom. The van der Waals surface area contributed by atoms with Crippen LogP contribution in [0.3, 0.4) is 0 Å². The maximum Gasteiger partial charge on any atom is 0.417 e. The van der Waals surface area contributed by atoms with Crippen LogP contribution in [0.2, 0.25) is 0 Å². The number of carbonyl (C=O) groups excluding carboxylic acids is 1. The zero-order valence-corrected chi connectivity index (χ0v) is 13.4. The zero-order chi connectivity index (χ0) is 16.5. The standard InChI is InChI=1S/C16H13BrF3NO2/c17-11-4-3-9(6-10(11)16(18,19)20)21-14(22)12-7-1-2-8(5-7)13(12)15(21)23/h1-4,6-8,12-14,22H,5H2/t7?,8?,12-,13+,14?/m1/s1. The number of amides is 1. The van der Waals surface area contributed by atoms with Gasteiger partial charge in [0.2, 0.25) is 5.91 Å². The number of nitrogens with zero attached hydrogens (tertiary/aromatic N) is 1. The van der Waals surface area contributed by atoms with Crippen molar-refractivity contribution in [2.24, 2.45) is 23.7 Å². The molecule has 1 N–H and O–H groups in total. The van der Waals surface area contributed by atoms with E-state index >= 15 is 0 Å². The lowest BCUT2D eigenvalue weighted by Gasteiger charge is -2.26. The zero-order valence-electron chi connectivity index (χ0n) is 11.8. The lowest BCUT2D eigenvalue weighted by Crippen LogP contribution is -2.37. The van der Waals surface area contributed by atoms with Crippen molar-refractivity contribution < 1.29 is 23.1 Å². The molecule has 1 aliphatic heterocycles. The van der Waals surface area contributed by atoms with Crippen molar-refractivity contribution >= 4 is 27.5 Å². The highest BCUT2D eigenvalue weighted by atomic mass is 79.9. The number of halogens is 4. The van der Waals surface area contributed by atoms with Gasteiger partial charge in [-0.15, -0.1) is 0 Å². The number of aliphatic hydroxyl groups excluding tert-OH is 1. The summed E-state index contributed by atoms with van der Waals surface area (Å²) in [4.78, 5) is 13.8. The Labute approximate surface area is 138 Å². The van der Waals surface area contributed by atoms with Gasteiger partial charge in [0.05, 0.1) is 11.5 Å². The summed E-state index contributed by atoms with van der Waals surface area (Å²) in [6.07, 6.45) is -0.758. The molecular weight excluding hydrogens is 375 g/mol. The van der Waals surface area contributed by atoms with E-state index in [1.165, 1.54) is 12.1 Å². The molecule has 0 spiro atoms. The lowest BCUT2D eigenvalue weighted by molar-refractivity contribution is -0.138. The van der Waals surface area contributed by atoms with E-state index < -0.39 is 18.0 Å². The smallest absolute Gasteiger partial charge is 0.373 e. The third kappa shape index (κ3) is 2.09. The van der Waals surface area contributed by atoms with Gasteiger partial charge in [-0.2, -0.15) is 13.2 Å². The summed E-state index contributed by atoms with van der Waals surface area (Å²) < 4.78 is 39.1. The van der Waals surface area contributed by atoms with Gasteiger partial charge < -0.3 is 5.11 Å². The Morgan fingerprint density at radius 3 is 2.57 bits per heavy atom. The second-order valence-corrected chi connectivity index (χ2v) is 7.19. The number of hydrogen-bond acceptors (Lipinski definition) is 2. The molecule has 1 saturated carbocycles. The van der Waals surface area contributed by atoms with E-state index in [4.69, 9.17) is 0 Å². The molecule has 4 rings (SSSR count). The van der Waals surface area contributed by atoms with Gasteiger partial charge in [-0.1, -0.05) is 28.1 Å². The van der Waals surface area contributed by atoms with Gasteiger partial charge in [0.25, 0.3) is 0 Å². The number of fused-ring (bicyclic) bond motifs is 5. The predicted octanol–water partition coefficient (Wildman–Crippen LogP) is 3.57. The topological polar surface area (TPSA) is 40.5 Å². The molecule has 122 valence electrons.